The number of aromatic nitrogens is 3. The fourth-order valence-corrected chi connectivity index (χ4v) is 1.28. The Labute approximate surface area is 88.7 Å². The van der Waals surface area contributed by atoms with Crippen molar-refractivity contribution in [2.75, 3.05) is 0 Å². The van der Waals surface area contributed by atoms with Gasteiger partial charge in [0, 0.05) is 0 Å². The molecular weight excluding hydrogens is 286 g/mol. The Balaban J connectivity index is 0.000000720. The summed E-state index contributed by atoms with van der Waals surface area (Å²) in [6.45, 7) is 1.95. The Morgan fingerprint density at radius 2 is 2.17 bits per heavy atom. The van der Waals surface area contributed by atoms with E-state index >= 15 is 0 Å². The topological polar surface area (TPSA) is 30.2 Å². The SMILES string of the molecule is Br.Cc1cn2nc(Br)ccc2n1. The molecule has 3 nitrogen and oxygen atoms in total. The van der Waals surface area contributed by atoms with Crippen molar-refractivity contribution in [2.45, 2.75) is 6.92 Å². The maximum absolute atomic E-state index is 4.23. The molecule has 0 aliphatic heterocycles. The molecule has 0 bridgehead atoms. The predicted molar refractivity (Wildman–Crippen MR) is 55.7 cm³/mol. The van der Waals surface area contributed by atoms with Crippen molar-refractivity contribution < 1.29 is 0 Å². The number of nitrogens with zero attached hydrogens (tertiary/aromatic N) is 3. The lowest BCUT2D eigenvalue weighted by Gasteiger charge is -1.90. The number of hydrogen-bond donors (Lipinski definition) is 0. The summed E-state index contributed by atoms with van der Waals surface area (Å²) in [5, 5.41) is 4.17. The third kappa shape index (κ3) is 1.67. The minimum Gasteiger partial charge on any atom is -0.232 e. The van der Waals surface area contributed by atoms with Gasteiger partial charge in [0.15, 0.2) is 5.65 Å². The van der Waals surface area contributed by atoms with Crippen molar-refractivity contribution in [1.82, 2.24) is 14.6 Å². The minimum absolute atomic E-state index is 0. The van der Waals surface area contributed by atoms with Gasteiger partial charge < -0.3 is 0 Å². The summed E-state index contributed by atoms with van der Waals surface area (Å²) in [7, 11) is 0. The van der Waals surface area contributed by atoms with Gasteiger partial charge in [-0.05, 0) is 35.0 Å². The van der Waals surface area contributed by atoms with Gasteiger partial charge in [-0.15, -0.1) is 17.0 Å². The number of aryl methyl sites for hydroxylation is 1. The molecule has 0 fully saturated rings. The molecule has 0 unspecified atom stereocenters. The lowest BCUT2D eigenvalue weighted by molar-refractivity contribution is 0.915. The molecular formula is C7H7Br2N3. The molecule has 0 aliphatic rings. The predicted octanol–water partition coefficient (Wildman–Crippen LogP) is 2.38. The summed E-state index contributed by atoms with van der Waals surface area (Å²) in [6.07, 6.45) is 1.89. The Morgan fingerprint density at radius 3 is 2.92 bits per heavy atom. The van der Waals surface area contributed by atoms with Gasteiger partial charge in [-0.1, -0.05) is 0 Å². The van der Waals surface area contributed by atoms with Crippen LogP contribution in [0.25, 0.3) is 5.65 Å². The first-order valence-corrected chi connectivity index (χ1v) is 4.03. The fourth-order valence-electron chi connectivity index (χ4n) is 0.977. The minimum atomic E-state index is 0. The molecule has 0 amide bonds. The first kappa shape index (κ1) is 9.67. The van der Waals surface area contributed by atoms with E-state index in [9.17, 15) is 0 Å². The van der Waals surface area contributed by atoms with Crippen LogP contribution in [-0.4, -0.2) is 14.6 Å². The van der Waals surface area contributed by atoms with Crippen LogP contribution in [-0.2, 0) is 0 Å². The van der Waals surface area contributed by atoms with E-state index in [2.05, 4.69) is 26.0 Å². The van der Waals surface area contributed by atoms with Crippen LogP contribution in [0.5, 0.6) is 0 Å². The summed E-state index contributed by atoms with van der Waals surface area (Å²) in [6, 6.07) is 3.80. The van der Waals surface area contributed by atoms with Gasteiger partial charge in [0.1, 0.15) is 4.60 Å². The summed E-state index contributed by atoms with van der Waals surface area (Å²) >= 11 is 3.28. The summed E-state index contributed by atoms with van der Waals surface area (Å²) < 4.78 is 2.57. The third-order valence-electron chi connectivity index (χ3n) is 1.41. The van der Waals surface area contributed by atoms with Crippen LogP contribution in [0.4, 0.5) is 0 Å². The van der Waals surface area contributed by atoms with Crippen LogP contribution in [0.2, 0.25) is 0 Å². The maximum atomic E-state index is 4.23. The second-order valence-corrected chi connectivity index (χ2v) is 3.15. The second-order valence-electron chi connectivity index (χ2n) is 2.34. The van der Waals surface area contributed by atoms with E-state index in [0.29, 0.717) is 0 Å². The van der Waals surface area contributed by atoms with E-state index in [4.69, 9.17) is 0 Å². The highest BCUT2D eigenvalue weighted by Crippen LogP contribution is 2.07. The van der Waals surface area contributed by atoms with E-state index in [-0.39, 0.29) is 17.0 Å². The number of halogens is 2. The Hall–Kier alpha value is -0.420. The monoisotopic (exact) mass is 291 g/mol. The summed E-state index contributed by atoms with van der Waals surface area (Å²) in [5.74, 6) is 0. The molecule has 2 rings (SSSR count). The summed E-state index contributed by atoms with van der Waals surface area (Å²) in [5.41, 5.74) is 1.86. The number of imidazole rings is 1. The van der Waals surface area contributed by atoms with Crippen LogP contribution < -0.4 is 0 Å². The molecule has 2 aromatic rings. The average Bonchev–Trinajstić information content (AvgIpc) is 2.27. The van der Waals surface area contributed by atoms with E-state index in [1.165, 1.54) is 0 Å². The highest BCUT2D eigenvalue weighted by Gasteiger charge is 1.97. The number of rotatable bonds is 0. The number of hydrogen-bond acceptors (Lipinski definition) is 2. The molecule has 64 valence electrons. The average molecular weight is 293 g/mol. The van der Waals surface area contributed by atoms with Gasteiger partial charge >= 0.3 is 0 Å². The zero-order valence-corrected chi connectivity index (χ0v) is 9.66. The maximum Gasteiger partial charge on any atom is 0.153 e. The van der Waals surface area contributed by atoms with E-state index in [1.807, 2.05) is 25.3 Å². The first-order valence-electron chi connectivity index (χ1n) is 3.24. The molecule has 12 heavy (non-hydrogen) atoms. The van der Waals surface area contributed by atoms with Crippen molar-refractivity contribution >= 4 is 38.6 Å². The van der Waals surface area contributed by atoms with E-state index < -0.39 is 0 Å². The molecule has 0 N–H and O–H groups in total. The van der Waals surface area contributed by atoms with Crippen LogP contribution in [0.1, 0.15) is 5.69 Å². The van der Waals surface area contributed by atoms with Crippen LogP contribution in [0, 0.1) is 6.92 Å². The third-order valence-corrected chi connectivity index (χ3v) is 1.83. The Kier molecular flexibility index (Phi) is 2.85. The van der Waals surface area contributed by atoms with Gasteiger partial charge in [-0.25, -0.2) is 9.50 Å². The highest BCUT2D eigenvalue weighted by molar-refractivity contribution is 9.10. The molecule has 0 saturated heterocycles. The Bertz CT molecular complexity index is 396. The normalized spacial score (nSPS) is 9.83. The molecule has 0 aliphatic carbocycles. The van der Waals surface area contributed by atoms with Crippen molar-refractivity contribution in [3.8, 4) is 0 Å². The Morgan fingerprint density at radius 1 is 1.42 bits per heavy atom. The zero-order chi connectivity index (χ0) is 7.84. The molecule has 0 saturated carbocycles. The van der Waals surface area contributed by atoms with Crippen molar-refractivity contribution in [3.05, 3.63) is 28.6 Å². The largest absolute Gasteiger partial charge is 0.232 e. The van der Waals surface area contributed by atoms with Gasteiger partial charge in [0.2, 0.25) is 0 Å². The first-order chi connectivity index (χ1) is 5.25. The van der Waals surface area contributed by atoms with E-state index in [0.717, 1.165) is 15.9 Å². The zero-order valence-electron chi connectivity index (χ0n) is 6.36. The van der Waals surface area contributed by atoms with Gasteiger partial charge in [0.25, 0.3) is 0 Å². The molecule has 0 aromatic carbocycles. The van der Waals surface area contributed by atoms with Gasteiger partial charge in [-0.2, -0.15) is 5.10 Å². The molecule has 5 heteroatoms. The highest BCUT2D eigenvalue weighted by atomic mass is 79.9. The smallest absolute Gasteiger partial charge is 0.153 e. The van der Waals surface area contributed by atoms with Gasteiger partial charge in [0.05, 0.1) is 11.9 Å². The molecule has 2 heterocycles. The molecule has 0 atom stereocenters. The second kappa shape index (κ2) is 3.53. The van der Waals surface area contributed by atoms with Gasteiger partial charge in [-0.3, -0.25) is 0 Å². The van der Waals surface area contributed by atoms with Crippen LogP contribution >= 0.6 is 32.9 Å². The molecule has 0 radical (unpaired) electrons. The van der Waals surface area contributed by atoms with Crippen LogP contribution in [0.15, 0.2) is 22.9 Å². The molecule has 0 spiro atoms. The molecule has 2 aromatic heterocycles. The van der Waals surface area contributed by atoms with Crippen molar-refractivity contribution in [3.63, 3.8) is 0 Å². The lowest BCUT2D eigenvalue weighted by Crippen LogP contribution is -1.88. The standard InChI is InChI=1S/C7H6BrN3.BrH/c1-5-4-11-7(9-5)3-2-6(8)10-11;/h2-4H,1H3;1H. The van der Waals surface area contributed by atoms with Crippen molar-refractivity contribution in [1.29, 1.82) is 0 Å². The fraction of sp³-hybridized carbons (Fsp3) is 0.143. The lowest BCUT2D eigenvalue weighted by atomic mass is 10.6. The number of fused-ring (bicyclic) bond motifs is 1. The van der Waals surface area contributed by atoms with E-state index in [1.54, 1.807) is 4.52 Å². The van der Waals surface area contributed by atoms with Crippen LogP contribution in [0.3, 0.4) is 0 Å². The van der Waals surface area contributed by atoms with Crippen molar-refractivity contribution in [2.24, 2.45) is 0 Å². The quantitative estimate of drug-likeness (QED) is 0.746. The summed E-state index contributed by atoms with van der Waals surface area (Å²) in [4.78, 5) is 4.23.